The molecule has 0 unspecified atom stereocenters. The number of benzene rings is 2. The van der Waals surface area contributed by atoms with Gasteiger partial charge in [0.05, 0.1) is 25.4 Å². The Morgan fingerprint density at radius 3 is 2.54 bits per heavy atom. The molecule has 2 aromatic rings. The van der Waals surface area contributed by atoms with Gasteiger partial charge < -0.3 is 15.4 Å². The van der Waals surface area contributed by atoms with E-state index in [4.69, 9.17) is 4.74 Å². The monoisotopic (exact) mass is 451 g/mol. The summed E-state index contributed by atoms with van der Waals surface area (Å²) in [5.74, 6) is -0.221. The van der Waals surface area contributed by atoms with Gasteiger partial charge in [0.25, 0.3) is 0 Å². The number of carbonyl (C=O) groups is 2. The molecule has 0 aromatic heterocycles. The molecule has 2 N–H and O–H groups in total. The zero-order valence-electron chi connectivity index (χ0n) is 15.6. The fraction of sp³-hybridized carbons (Fsp3) is 0.300. The third kappa shape index (κ3) is 8.06. The number of ether oxygens (including phenoxy) is 1. The molecule has 8 heteroatoms. The number of anilines is 1. The summed E-state index contributed by atoms with van der Waals surface area (Å²) in [6.45, 7) is 1.20. The van der Waals surface area contributed by atoms with Gasteiger partial charge in [-0.1, -0.05) is 12.1 Å². The summed E-state index contributed by atoms with van der Waals surface area (Å²) in [5.41, 5.74) is 0.653. The number of amides is 2. The summed E-state index contributed by atoms with van der Waals surface area (Å²) >= 11 is 3.35. The van der Waals surface area contributed by atoms with Gasteiger partial charge in [0, 0.05) is 11.0 Å². The SMILES string of the molecule is CN(CCCOc1ccc(F)cc1)CC(=O)NCC(=O)Nc1ccccc1Br. The van der Waals surface area contributed by atoms with Crippen LogP contribution in [0.25, 0.3) is 0 Å². The minimum absolute atomic E-state index is 0.0956. The zero-order chi connectivity index (χ0) is 20.4. The van der Waals surface area contributed by atoms with Crippen molar-refractivity contribution < 1.29 is 18.7 Å². The fourth-order valence-electron chi connectivity index (χ4n) is 2.37. The van der Waals surface area contributed by atoms with Gasteiger partial charge >= 0.3 is 0 Å². The molecule has 2 amide bonds. The van der Waals surface area contributed by atoms with Crippen LogP contribution in [0.5, 0.6) is 5.75 Å². The first-order valence-corrected chi connectivity index (χ1v) is 9.61. The lowest BCUT2D eigenvalue weighted by atomic mass is 10.3. The van der Waals surface area contributed by atoms with E-state index >= 15 is 0 Å². The molecular weight excluding hydrogens is 429 g/mol. The highest BCUT2D eigenvalue weighted by molar-refractivity contribution is 9.10. The van der Waals surface area contributed by atoms with Crippen LogP contribution in [-0.2, 0) is 9.59 Å². The number of nitrogens with one attached hydrogen (secondary N) is 2. The van der Waals surface area contributed by atoms with E-state index < -0.39 is 0 Å². The van der Waals surface area contributed by atoms with Crippen LogP contribution < -0.4 is 15.4 Å². The summed E-state index contributed by atoms with van der Waals surface area (Å²) in [4.78, 5) is 25.7. The Kier molecular flexibility index (Phi) is 8.90. The van der Waals surface area contributed by atoms with Gasteiger partial charge in [-0.3, -0.25) is 14.5 Å². The highest BCUT2D eigenvalue weighted by Crippen LogP contribution is 2.20. The predicted molar refractivity (Wildman–Crippen MR) is 110 cm³/mol. The predicted octanol–water partition coefficient (Wildman–Crippen LogP) is 3.04. The van der Waals surface area contributed by atoms with Crippen molar-refractivity contribution in [1.29, 1.82) is 0 Å². The van der Waals surface area contributed by atoms with E-state index in [1.807, 2.05) is 30.1 Å². The topological polar surface area (TPSA) is 70.7 Å². The number of halogens is 2. The average Bonchev–Trinajstić information content (AvgIpc) is 2.67. The first-order valence-electron chi connectivity index (χ1n) is 8.82. The third-order valence-corrected chi connectivity index (χ3v) is 4.47. The Balaban J connectivity index is 1.59. The Hall–Kier alpha value is -2.45. The van der Waals surface area contributed by atoms with Crippen LogP contribution in [0.15, 0.2) is 53.0 Å². The van der Waals surface area contributed by atoms with Crippen molar-refractivity contribution in [2.75, 3.05) is 38.6 Å². The molecule has 0 radical (unpaired) electrons. The van der Waals surface area contributed by atoms with E-state index in [-0.39, 0.29) is 30.7 Å². The fourth-order valence-corrected chi connectivity index (χ4v) is 2.76. The number of rotatable bonds is 10. The van der Waals surface area contributed by atoms with Crippen LogP contribution >= 0.6 is 15.9 Å². The first kappa shape index (κ1) is 21.8. The van der Waals surface area contributed by atoms with E-state index in [1.165, 1.54) is 12.1 Å². The summed E-state index contributed by atoms with van der Waals surface area (Å²) in [6, 6.07) is 13.1. The lowest BCUT2D eigenvalue weighted by molar-refractivity contribution is -0.124. The second kappa shape index (κ2) is 11.4. The summed E-state index contributed by atoms with van der Waals surface area (Å²) in [6.07, 6.45) is 0.712. The van der Waals surface area contributed by atoms with Crippen LogP contribution in [0.3, 0.4) is 0 Å². The summed E-state index contributed by atoms with van der Waals surface area (Å²) in [7, 11) is 1.82. The molecule has 0 fully saturated rings. The number of para-hydroxylation sites is 1. The Labute approximate surface area is 172 Å². The van der Waals surface area contributed by atoms with Gasteiger partial charge in [-0.05, 0) is 65.8 Å². The largest absolute Gasteiger partial charge is 0.494 e. The van der Waals surface area contributed by atoms with Gasteiger partial charge in [0.2, 0.25) is 11.8 Å². The molecule has 0 aliphatic carbocycles. The third-order valence-electron chi connectivity index (χ3n) is 3.77. The number of likely N-dealkylation sites (N-methyl/N-ethyl adjacent to an activating group) is 1. The molecule has 6 nitrogen and oxygen atoms in total. The maximum atomic E-state index is 12.8. The van der Waals surface area contributed by atoms with Gasteiger partial charge in [-0.2, -0.15) is 0 Å². The molecule has 0 bridgehead atoms. The molecule has 0 atom stereocenters. The zero-order valence-corrected chi connectivity index (χ0v) is 17.2. The summed E-state index contributed by atoms with van der Waals surface area (Å²) < 4.78 is 19.1. The van der Waals surface area contributed by atoms with Crippen molar-refractivity contribution >= 4 is 33.4 Å². The van der Waals surface area contributed by atoms with Crippen LogP contribution in [-0.4, -0.2) is 50.0 Å². The number of carbonyl (C=O) groups excluding carboxylic acids is 2. The molecule has 0 saturated heterocycles. The molecule has 0 aliphatic rings. The Bertz CT molecular complexity index is 787. The van der Waals surface area contributed by atoms with Crippen molar-refractivity contribution in [2.24, 2.45) is 0 Å². The molecular formula is C20H23BrFN3O3. The van der Waals surface area contributed by atoms with Crippen LogP contribution in [0.2, 0.25) is 0 Å². The van der Waals surface area contributed by atoms with Gasteiger partial charge in [0.1, 0.15) is 11.6 Å². The lowest BCUT2D eigenvalue weighted by Gasteiger charge is -2.16. The standard InChI is InChI=1S/C20H23BrFN3O3/c1-25(11-4-12-28-16-9-7-15(22)8-10-16)14-20(27)23-13-19(26)24-18-6-3-2-5-17(18)21/h2-3,5-10H,4,11-14H2,1H3,(H,23,27)(H,24,26). The maximum absolute atomic E-state index is 12.8. The van der Waals surface area contributed by atoms with Gasteiger partial charge in [0.15, 0.2) is 0 Å². The van der Waals surface area contributed by atoms with Crippen molar-refractivity contribution in [3.8, 4) is 5.75 Å². The van der Waals surface area contributed by atoms with Crippen LogP contribution in [0.1, 0.15) is 6.42 Å². The van der Waals surface area contributed by atoms with Gasteiger partial charge in [-0.25, -0.2) is 4.39 Å². The maximum Gasteiger partial charge on any atom is 0.243 e. The quantitative estimate of drug-likeness (QED) is 0.544. The van der Waals surface area contributed by atoms with Crippen LogP contribution in [0.4, 0.5) is 10.1 Å². The molecule has 0 heterocycles. The molecule has 2 rings (SSSR count). The van der Waals surface area contributed by atoms with Crippen molar-refractivity contribution in [2.45, 2.75) is 6.42 Å². The second-order valence-electron chi connectivity index (χ2n) is 6.20. The molecule has 0 saturated carbocycles. The van der Waals surface area contributed by atoms with E-state index in [0.717, 1.165) is 4.47 Å². The Morgan fingerprint density at radius 2 is 1.82 bits per heavy atom. The Morgan fingerprint density at radius 1 is 1.11 bits per heavy atom. The minimum Gasteiger partial charge on any atom is -0.494 e. The minimum atomic E-state index is -0.303. The van der Waals surface area contributed by atoms with Crippen molar-refractivity contribution in [3.63, 3.8) is 0 Å². The van der Waals surface area contributed by atoms with Crippen molar-refractivity contribution in [1.82, 2.24) is 10.2 Å². The number of hydrogen-bond acceptors (Lipinski definition) is 4. The highest BCUT2D eigenvalue weighted by Gasteiger charge is 2.10. The normalized spacial score (nSPS) is 10.6. The second-order valence-corrected chi connectivity index (χ2v) is 7.05. The molecule has 28 heavy (non-hydrogen) atoms. The average molecular weight is 452 g/mol. The van der Waals surface area contributed by atoms with E-state index in [2.05, 4.69) is 26.6 Å². The van der Waals surface area contributed by atoms with E-state index in [0.29, 0.717) is 31.0 Å². The number of hydrogen-bond donors (Lipinski definition) is 2. The van der Waals surface area contributed by atoms with E-state index in [1.54, 1.807) is 18.2 Å². The van der Waals surface area contributed by atoms with Crippen LogP contribution in [0, 0.1) is 5.82 Å². The molecule has 2 aromatic carbocycles. The van der Waals surface area contributed by atoms with Gasteiger partial charge in [-0.15, -0.1) is 0 Å². The first-order chi connectivity index (χ1) is 13.4. The molecule has 150 valence electrons. The molecule has 0 spiro atoms. The van der Waals surface area contributed by atoms with E-state index in [9.17, 15) is 14.0 Å². The smallest absolute Gasteiger partial charge is 0.243 e. The summed E-state index contributed by atoms with van der Waals surface area (Å²) in [5, 5.41) is 5.33. The van der Waals surface area contributed by atoms with Crippen molar-refractivity contribution in [3.05, 3.63) is 58.8 Å². The lowest BCUT2D eigenvalue weighted by Crippen LogP contribution is -2.39. The number of nitrogens with zero attached hydrogens (tertiary/aromatic N) is 1. The molecule has 0 aliphatic heterocycles. The highest BCUT2D eigenvalue weighted by atomic mass is 79.9.